The largest absolute Gasteiger partial charge is 0.391 e. The average Bonchev–Trinajstić information content (AvgIpc) is 2.52. The van der Waals surface area contributed by atoms with Crippen molar-refractivity contribution in [1.29, 1.82) is 0 Å². The predicted molar refractivity (Wildman–Crippen MR) is 91.7 cm³/mol. The van der Waals surface area contributed by atoms with E-state index in [0.717, 1.165) is 15.6 Å². The molecule has 2 amide bonds. The lowest BCUT2D eigenvalue weighted by atomic mass is 10.0. The zero-order chi connectivity index (χ0) is 17.0. The minimum atomic E-state index is -1.12. The van der Waals surface area contributed by atoms with Crippen molar-refractivity contribution in [2.45, 2.75) is 19.1 Å². The number of carbonyl (C=O) groups excluding carboxylic acids is 2. The predicted octanol–water partition coefficient (Wildman–Crippen LogP) is 2.08. The highest BCUT2D eigenvalue weighted by molar-refractivity contribution is 9.10. The maximum absolute atomic E-state index is 12.1. The van der Waals surface area contributed by atoms with Crippen molar-refractivity contribution in [3.05, 3.63) is 58.6 Å². The Balaban J connectivity index is 2.14. The molecule has 2 rings (SSSR count). The van der Waals surface area contributed by atoms with Crippen LogP contribution in [0.4, 0.5) is 0 Å². The first kappa shape index (κ1) is 17.2. The summed E-state index contributed by atoms with van der Waals surface area (Å²) in [4.78, 5) is 23.3. The molecule has 5 nitrogen and oxygen atoms in total. The third kappa shape index (κ3) is 4.40. The molecule has 0 radical (unpaired) electrons. The number of amides is 2. The Morgan fingerprint density at radius 2 is 1.52 bits per heavy atom. The van der Waals surface area contributed by atoms with Crippen LogP contribution in [0.2, 0.25) is 0 Å². The van der Waals surface area contributed by atoms with Crippen LogP contribution in [-0.4, -0.2) is 29.1 Å². The van der Waals surface area contributed by atoms with Crippen LogP contribution in [0.15, 0.2) is 53.0 Å². The van der Waals surface area contributed by atoms with Gasteiger partial charge in [0.25, 0.3) is 5.91 Å². The van der Waals surface area contributed by atoms with Crippen LogP contribution >= 0.6 is 15.9 Å². The fraction of sp³-hybridized carbons (Fsp3) is 0.176. The maximum atomic E-state index is 12.1. The summed E-state index contributed by atoms with van der Waals surface area (Å²) < 4.78 is 0.993. The number of carbonyl (C=O) groups is 2. The van der Waals surface area contributed by atoms with Gasteiger partial charge in [-0.05, 0) is 42.3 Å². The van der Waals surface area contributed by atoms with Crippen LogP contribution in [-0.2, 0) is 4.79 Å². The van der Waals surface area contributed by atoms with Gasteiger partial charge in [0.2, 0.25) is 5.91 Å². The number of nitrogens with two attached hydrogens (primary N) is 1. The molecule has 2 aromatic carbocycles. The number of aliphatic hydroxyl groups is 1. The van der Waals surface area contributed by atoms with Gasteiger partial charge in [-0.1, -0.05) is 40.2 Å². The van der Waals surface area contributed by atoms with Crippen LogP contribution in [0.3, 0.4) is 0 Å². The smallest absolute Gasteiger partial charge is 0.252 e. The van der Waals surface area contributed by atoms with E-state index in [1.165, 1.54) is 6.92 Å². The van der Waals surface area contributed by atoms with Gasteiger partial charge in [-0.3, -0.25) is 9.59 Å². The van der Waals surface area contributed by atoms with E-state index in [0.29, 0.717) is 5.56 Å². The summed E-state index contributed by atoms with van der Waals surface area (Å²) in [5, 5.41) is 11.9. The summed E-state index contributed by atoms with van der Waals surface area (Å²) in [7, 11) is 0. The highest BCUT2D eigenvalue weighted by Crippen LogP contribution is 2.22. The topological polar surface area (TPSA) is 92.4 Å². The van der Waals surface area contributed by atoms with E-state index >= 15 is 0 Å². The quantitative estimate of drug-likeness (QED) is 0.745. The minimum absolute atomic E-state index is 0.387. The standard InChI is InChI=1S/C17H17BrN2O3/c1-10(21)15(16(19)22)20-17(23)13-4-2-11(3-5-13)12-6-8-14(18)9-7-12/h2-10,15,21H,1H3,(H2,19,22)(H,20,23). The molecule has 2 atom stereocenters. The lowest BCUT2D eigenvalue weighted by Gasteiger charge is -2.18. The summed E-state index contributed by atoms with van der Waals surface area (Å²) in [6.45, 7) is 1.40. The van der Waals surface area contributed by atoms with E-state index in [2.05, 4.69) is 21.2 Å². The second-order valence-electron chi connectivity index (χ2n) is 5.18. The lowest BCUT2D eigenvalue weighted by molar-refractivity contribution is -0.122. The lowest BCUT2D eigenvalue weighted by Crippen LogP contribution is -2.50. The summed E-state index contributed by atoms with van der Waals surface area (Å²) in [6.07, 6.45) is -1.06. The van der Waals surface area contributed by atoms with Crippen molar-refractivity contribution in [3.63, 3.8) is 0 Å². The first-order valence-electron chi connectivity index (χ1n) is 7.02. The molecule has 0 aliphatic heterocycles. The fourth-order valence-corrected chi connectivity index (χ4v) is 2.37. The zero-order valence-electron chi connectivity index (χ0n) is 12.5. The number of benzene rings is 2. The van der Waals surface area contributed by atoms with Gasteiger partial charge in [-0.15, -0.1) is 0 Å². The summed E-state index contributed by atoms with van der Waals surface area (Å²) in [6, 6.07) is 13.7. The van der Waals surface area contributed by atoms with Gasteiger partial charge < -0.3 is 16.2 Å². The maximum Gasteiger partial charge on any atom is 0.252 e. The van der Waals surface area contributed by atoms with Crippen molar-refractivity contribution in [3.8, 4) is 11.1 Å². The SMILES string of the molecule is CC(O)C(NC(=O)c1ccc(-c2ccc(Br)cc2)cc1)C(N)=O. The molecule has 120 valence electrons. The molecule has 0 aliphatic carbocycles. The van der Waals surface area contributed by atoms with E-state index in [4.69, 9.17) is 5.73 Å². The van der Waals surface area contributed by atoms with Crippen molar-refractivity contribution in [2.24, 2.45) is 5.73 Å². The molecule has 0 heterocycles. The van der Waals surface area contributed by atoms with E-state index in [9.17, 15) is 14.7 Å². The number of nitrogens with one attached hydrogen (secondary N) is 1. The monoisotopic (exact) mass is 376 g/mol. The molecular weight excluding hydrogens is 360 g/mol. The molecule has 0 aromatic heterocycles. The Bertz CT molecular complexity index is 697. The molecule has 2 aromatic rings. The summed E-state index contributed by atoms with van der Waals surface area (Å²) in [5.41, 5.74) is 7.54. The van der Waals surface area contributed by atoms with Gasteiger partial charge >= 0.3 is 0 Å². The van der Waals surface area contributed by atoms with Gasteiger partial charge in [0.05, 0.1) is 6.10 Å². The first-order chi connectivity index (χ1) is 10.9. The second kappa shape index (κ2) is 7.39. The third-order valence-electron chi connectivity index (χ3n) is 3.40. The van der Waals surface area contributed by atoms with Crippen LogP contribution in [0.5, 0.6) is 0 Å². The number of hydrogen-bond donors (Lipinski definition) is 3. The molecule has 0 bridgehead atoms. The molecule has 6 heteroatoms. The molecule has 23 heavy (non-hydrogen) atoms. The van der Waals surface area contributed by atoms with E-state index in [1.54, 1.807) is 12.1 Å². The molecule has 0 saturated heterocycles. The normalized spacial score (nSPS) is 13.2. The van der Waals surface area contributed by atoms with Gasteiger partial charge in [0.15, 0.2) is 0 Å². The molecule has 2 unspecified atom stereocenters. The Labute approximate surface area is 142 Å². The molecule has 0 fully saturated rings. The summed E-state index contributed by atoms with van der Waals surface area (Å²) >= 11 is 3.38. The third-order valence-corrected chi connectivity index (χ3v) is 3.93. The van der Waals surface area contributed by atoms with Gasteiger partial charge in [-0.2, -0.15) is 0 Å². The van der Waals surface area contributed by atoms with Crippen molar-refractivity contribution < 1.29 is 14.7 Å². The molecule has 0 saturated carbocycles. The van der Waals surface area contributed by atoms with Gasteiger partial charge in [0, 0.05) is 10.0 Å². The number of primary amides is 1. The Morgan fingerprint density at radius 3 is 1.96 bits per heavy atom. The highest BCUT2D eigenvalue weighted by atomic mass is 79.9. The van der Waals surface area contributed by atoms with Crippen LogP contribution in [0.1, 0.15) is 17.3 Å². The highest BCUT2D eigenvalue weighted by Gasteiger charge is 2.23. The molecule has 4 N–H and O–H groups in total. The van der Waals surface area contributed by atoms with E-state index in [-0.39, 0.29) is 0 Å². The Kier molecular flexibility index (Phi) is 5.52. The Morgan fingerprint density at radius 1 is 1.04 bits per heavy atom. The minimum Gasteiger partial charge on any atom is -0.391 e. The van der Waals surface area contributed by atoms with Crippen molar-refractivity contribution in [1.82, 2.24) is 5.32 Å². The second-order valence-corrected chi connectivity index (χ2v) is 6.09. The van der Waals surface area contributed by atoms with E-state index < -0.39 is 24.0 Å². The molecule has 0 spiro atoms. The van der Waals surface area contributed by atoms with E-state index in [1.807, 2.05) is 36.4 Å². The Hall–Kier alpha value is -2.18. The number of hydrogen-bond acceptors (Lipinski definition) is 3. The molecular formula is C17H17BrN2O3. The van der Waals surface area contributed by atoms with Crippen LogP contribution in [0, 0.1) is 0 Å². The summed E-state index contributed by atoms with van der Waals surface area (Å²) in [5.74, 6) is -1.24. The van der Waals surface area contributed by atoms with Crippen molar-refractivity contribution in [2.75, 3.05) is 0 Å². The van der Waals surface area contributed by atoms with Gasteiger partial charge in [-0.25, -0.2) is 0 Å². The average molecular weight is 377 g/mol. The number of rotatable bonds is 5. The number of aliphatic hydroxyl groups excluding tert-OH is 1. The van der Waals surface area contributed by atoms with Crippen LogP contribution in [0.25, 0.3) is 11.1 Å². The zero-order valence-corrected chi connectivity index (χ0v) is 14.1. The fourth-order valence-electron chi connectivity index (χ4n) is 2.11. The first-order valence-corrected chi connectivity index (χ1v) is 7.82. The number of halogens is 1. The van der Waals surface area contributed by atoms with Crippen LogP contribution < -0.4 is 11.1 Å². The molecule has 0 aliphatic rings. The van der Waals surface area contributed by atoms with Gasteiger partial charge in [0.1, 0.15) is 6.04 Å². The van der Waals surface area contributed by atoms with Crippen molar-refractivity contribution >= 4 is 27.7 Å².